The Kier molecular flexibility index (Phi) is 5.40. The summed E-state index contributed by atoms with van der Waals surface area (Å²) >= 11 is 0. The van der Waals surface area contributed by atoms with E-state index in [0.29, 0.717) is 30.1 Å². The third-order valence-corrected chi connectivity index (χ3v) is 4.99. The number of nitrogens with one attached hydrogen (secondary N) is 1. The van der Waals surface area contributed by atoms with Crippen molar-refractivity contribution in [3.05, 3.63) is 29.4 Å². The highest BCUT2D eigenvalue weighted by Crippen LogP contribution is 2.36. The minimum atomic E-state index is -0.863. The molecule has 1 atom stereocenters. The molecule has 0 spiro atoms. The predicted octanol–water partition coefficient (Wildman–Crippen LogP) is 3.44. The molecule has 9 heteroatoms. The highest BCUT2D eigenvalue weighted by atomic mass is 16.6. The fourth-order valence-electron chi connectivity index (χ4n) is 3.14. The fourth-order valence-corrected chi connectivity index (χ4v) is 3.14. The van der Waals surface area contributed by atoms with Gasteiger partial charge in [0.15, 0.2) is 5.82 Å². The van der Waals surface area contributed by atoms with Crippen LogP contribution in [0.1, 0.15) is 62.9 Å². The van der Waals surface area contributed by atoms with Crippen LogP contribution in [-0.2, 0) is 10.3 Å². The minimum Gasteiger partial charge on any atom is -0.477 e. The zero-order valence-corrected chi connectivity index (χ0v) is 16.9. The average Bonchev–Trinajstić information content (AvgIpc) is 3.13. The second-order valence-corrected chi connectivity index (χ2v) is 8.08. The number of carbonyl (C=O) groups is 1. The molecule has 0 aromatic carbocycles. The Morgan fingerprint density at radius 1 is 1.28 bits per heavy atom. The van der Waals surface area contributed by atoms with Crippen LogP contribution in [0.3, 0.4) is 0 Å². The normalized spacial score (nSPS) is 19.2. The highest BCUT2D eigenvalue weighted by molar-refractivity contribution is 5.71. The van der Waals surface area contributed by atoms with E-state index in [1.165, 1.54) is 12.8 Å². The summed E-state index contributed by atoms with van der Waals surface area (Å²) < 4.78 is 22.1. The molecule has 156 valence electrons. The summed E-state index contributed by atoms with van der Waals surface area (Å²) in [5.74, 6) is 2.01. The Labute approximate surface area is 169 Å². The van der Waals surface area contributed by atoms with Crippen molar-refractivity contribution >= 4 is 6.09 Å². The maximum Gasteiger partial charge on any atom is 0.414 e. The van der Waals surface area contributed by atoms with E-state index in [9.17, 15) is 4.79 Å². The first kappa shape index (κ1) is 19.6. The molecule has 2 aliphatic rings. The maximum atomic E-state index is 12.4. The molecule has 0 radical (unpaired) electrons. The van der Waals surface area contributed by atoms with Crippen LogP contribution >= 0.6 is 0 Å². The lowest BCUT2D eigenvalue weighted by atomic mass is 10.1. The first-order chi connectivity index (χ1) is 13.9. The van der Waals surface area contributed by atoms with Crippen molar-refractivity contribution < 1.29 is 23.5 Å². The lowest BCUT2D eigenvalue weighted by Crippen LogP contribution is -2.43. The fraction of sp³-hybridized carbons (Fsp3) is 0.600. The molecule has 4 rings (SSSR count). The van der Waals surface area contributed by atoms with Crippen molar-refractivity contribution in [3.8, 4) is 11.8 Å². The second-order valence-electron chi connectivity index (χ2n) is 8.08. The number of hydrogen-bond acceptors (Lipinski definition) is 8. The number of hydrogen-bond donors (Lipinski definition) is 1. The van der Waals surface area contributed by atoms with Crippen molar-refractivity contribution in [2.45, 2.75) is 58.1 Å². The number of pyridine rings is 1. The Morgan fingerprint density at radius 2 is 2.10 bits per heavy atom. The molecule has 1 amide bonds. The van der Waals surface area contributed by atoms with Gasteiger partial charge in [-0.1, -0.05) is 5.16 Å². The smallest absolute Gasteiger partial charge is 0.414 e. The Balaban J connectivity index is 1.45. The summed E-state index contributed by atoms with van der Waals surface area (Å²) in [6.45, 7) is 6.56. The van der Waals surface area contributed by atoms with Crippen LogP contribution in [0.5, 0.6) is 11.8 Å². The van der Waals surface area contributed by atoms with Crippen molar-refractivity contribution in [1.82, 2.24) is 20.4 Å². The standard InChI is InChI=1S/C20H26N4O5/c1-12-21-18(24-29-12)20(2,3)23-19(25)28-16-9-8-14(15-5-4-10-26-15)17(22-16)27-11-13-6-7-13/h8-9,13,15H,4-7,10-11H2,1-3H3,(H,23,25). The molecule has 2 aromatic rings. The number of ether oxygens (including phenoxy) is 3. The SMILES string of the molecule is Cc1nc(C(C)(C)NC(=O)Oc2ccc(C3CCCO3)c(OCC3CC3)n2)no1. The number of amides is 1. The summed E-state index contributed by atoms with van der Waals surface area (Å²) in [5, 5.41) is 6.59. The highest BCUT2D eigenvalue weighted by Gasteiger charge is 2.30. The van der Waals surface area contributed by atoms with Crippen molar-refractivity contribution in [1.29, 1.82) is 0 Å². The molecule has 1 saturated heterocycles. The van der Waals surface area contributed by atoms with Gasteiger partial charge in [-0.15, -0.1) is 0 Å². The Morgan fingerprint density at radius 3 is 2.76 bits per heavy atom. The Bertz CT molecular complexity index is 872. The number of aryl methyl sites for hydroxylation is 1. The third-order valence-electron chi connectivity index (χ3n) is 4.99. The predicted molar refractivity (Wildman–Crippen MR) is 102 cm³/mol. The molecule has 2 aromatic heterocycles. The van der Waals surface area contributed by atoms with Crippen LogP contribution in [0.2, 0.25) is 0 Å². The van der Waals surface area contributed by atoms with Gasteiger partial charge < -0.3 is 24.1 Å². The summed E-state index contributed by atoms with van der Waals surface area (Å²) in [5.41, 5.74) is 0.0381. The molecule has 0 bridgehead atoms. The van der Waals surface area contributed by atoms with Crippen LogP contribution in [0, 0.1) is 12.8 Å². The maximum absolute atomic E-state index is 12.4. The van der Waals surface area contributed by atoms with Crippen molar-refractivity contribution in [2.24, 2.45) is 5.92 Å². The number of aromatic nitrogens is 3. The molecule has 1 N–H and O–H groups in total. The summed E-state index contributed by atoms with van der Waals surface area (Å²) in [6, 6.07) is 3.52. The second kappa shape index (κ2) is 7.98. The van der Waals surface area contributed by atoms with Gasteiger partial charge in [-0.2, -0.15) is 9.97 Å². The van der Waals surface area contributed by atoms with Gasteiger partial charge in [-0.05, 0) is 51.5 Å². The zero-order chi connectivity index (χ0) is 20.4. The van der Waals surface area contributed by atoms with Gasteiger partial charge in [-0.25, -0.2) is 4.79 Å². The van der Waals surface area contributed by atoms with E-state index < -0.39 is 11.6 Å². The molecule has 29 heavy (non-hydrogen) atoms. The van der Waals surface area contributed by atoms with E-state index in [2.05, 4.69) is 20.4 Å². The summed E-state index contributed by atoms with van der Waals surface area (Å²) in [7, 11) is 0. The largest absolute Gasteiger partial charge is 0.477 e. The lowest BCUT2D eigenvalue weighted by Gasteiger charge is -2.21. The number of carbonyl (C=O) groups excluding carboxylic acids is 1. The topological polar surface area (TPSA) is 109 Å². The zero-order valence-electron chi connectivity index (χ0n) is 16.9. The molecule has 1 aliphatic heterocycles. The van der Waals surface area contributed by atoms with E-state index in [-0.39, 0.29) is 12.0 Å². The van der Waals surface area contributed by atoms with Gasteiger partial charge in [0.2, 0.25) is 17.7 Å². The van der Waals surface area contributed by atoms with E-state index in [1.807, 2.05) is 6.07 Å². The summed E-state index contributed by atoms with van der Waals surface area (Å²) in [4.78, 5) is 21.0. The number of rotatable bonds is 7. The van der Waals surface area contributed by atoms with E-state index in [4.69, 9.17) is 18.7 Å². The third kappa shape index (κ3) is 4.84. The summed E-state index contributed by atoms with van der Waals surface area (Å²) in [6.07, 6.45) is 3.61. The van der Waals surface area contributed by atoms with Crippen molar-refractivity contribution in [2.75, 3.05) is 13.2 Å². The molecule has 9 nitrogen and oxygen atoms in total. The van der Waals surface area contributed by atoms with Crippen LogP contribution in [0.4, 0.5) is 4.79 Å². The first-order valence-corrected chi connectivity index (χ1v) is 9.97. The van der Waals surface area contributed by atoms with Crippen molar-refractivity contribution in [3.63, 3.8) is 0 Å². The Hall–Kier alpha value is -2.68. The van der Waals surface area contributed by atoms with Gasteiger partial charge in [-0.3, -0.25) is 0 Å². The van der Waals surface area contributed by atoms with E-state index in [0.717, 1.165) is 25.0 Å². The van der Waals surface area contributed by atoms with Gasteiger partial charge in [0.1, 0.15) is 5.54 Å². The van der Waals surface area contributed by atoms with E-state index >= 15 is 0 Å². The quantitative estimate of drug-likeness (QED) is 0.750. The monoisotopic (exact) mass is 402 g/mol. The lowest BCUT2D eigenvalue weighted by molar-refractivity contribution is 0.107. The van der Waals surface area contributed by atoms with Crippen LogP contribution in [-0.4, -0.2) is 34.4 Å². The first-order valence-electron chi connectivity index (χ1n) is 9.97. The molecule has 1 unspecified atom stereocenters. The molecule has 3 heterocycles. The van der Waals surface area contributed by atoms with E-state index in [1.54, 1.807) is 26.8 Å². The molecular formula is C20H26N4O5. The van der Waals surface area contributed by atoms with Crippen LogP contribution in [0.25, 0.3) is 0 Å². The van der Waals surface area contributed by atoms with Gasteiger partial charge in [0.05, 0.1) is 12.7 Å². The molecule has 1 saturated carbocycles. The van der Waals surface area contributed by atoms with Gasteiger partial charge >= 0.3 is 6.09 Å². The van der Waals surface area contributed by atoms with Crippen LogP contribution < -0.4 is 14.8 Å². The van der Waals surface area contributed by atoms with Gasteiger partial charge in [0, 0.05) is 25.2 Å². The molecule has 1 aliphatic carbocycles. The van der Waals surface area contributed by atoms with Gasteiger partial charge in [0.25, 0.3) is 0 Å². The number of nitrogens with zero attached hydrogens (tertiary/aromatic N) is 3. The molecule has 2 fully saturated rings. The molecular weight excluding hydrogens is 376 g/mol. The average molecular weight is 402 g/mol. The minimum absolute atomic E-state index is 0.0278. The van der Waals surface area contributed by atoms with Crippen LogP contribution in [0.15, 0.2) is 16.7 Å².